The fraction of sp³-hybridized carbons (Fsp3) is 0.500. The first-order valence-electron chi connectivity index (χ1n) is 7.46. The van der Waals surface area contributed by atoms with Gasteiger partial charge in [-0.2, -0.15) is 0 Å². The Kier molecular flexibility index (Phi) is 3.92. The van der Waals surface area contributed by atoms with Crippen LogP contribution in [0.2, 0.25) is 0 Å². The molecule has 0 aliphatic carbocycles. The number of hydrogen-bond donors (Lipinski definition) is 1. The van der Waals surface area contributed by atoms with Crippen molar-refractivity contribution in [2.24, 2.45) is 11.8 Å². The zero-order valence-electron chi connectivity index (χ0n) is 12.4. The SMILES string of the molecule is CC1CC(C(=O)O)CN(C(=O)c2ccc3c(c2)OCCO3)C1. The lowest BCUT2D eigenvalue weighted by Gasteiger charge is -2.34. The molecule has 118 valence electrons. The number of piperidine rings is 1. The van der Waals surface area contributed by atoms with E-state index in [0.717, 1.165) is 0 Å². The zero-order valence-corrected chi connectivity index (χ0v) is 12.4. The van der Waals surface area contributed by atoms with E-state index in [2.05, 4.69) is 0 Å². The molecule has 0 bridgehead atoms. The first-order valence-corrected chi connectivity index (χ1v) is 7.46. The van der Waals surface area contributed by atoms with Crippen molar-refractivity contribution in [3.05, 3.63) is 23.8 Å². The predicted molar refractivity (Wildman–Crippen MR) is 78.2 cm³/mol. The number of carboxylic acid groups (broad SMARTS) is 1. The predicted octanol–water partition coefficient (Wildman–Crippen LogP) is 1.64. The Morgan fingerprint density at radius 2 is 1.91 bits per heavy atom. The molecular weight excluding hydrogens is 286 g/mol. The van der Waals surface area contributed by atoms with E-state index in [1.807, 2.05) is 6.92 Å². The number of carbonyl (C=O) groups is 2. The van der Waals surface area contributed by atoms with Gasteiger partial charge < -0.3 is 19.5 Å². The lowest BCUT2D eigenvalue weighted by Crippen LogP contribution is -2.45. The van der Waals surface area contributed by atoms with Crippen LogP contribution in [0, 0.1) is 11.8 Å². The number of ether oxygens (including phenoxy) is 2. The number of carboxylic acids is 1. The molecule has 1 N–H and O–H groups in total. The third kappa shape index (κ3) is 2.86. The van der Waals surface area contributed by atoms with E-state index >= 15 is 0 Å². The number of rotatable bonds is 2. The lowest BCUT2D eigenvalue weighted by atomic mass is 9.90. The molecule has 1 amide bonds. The Balaban J connectivity index is 1.79. The highest BCUT2D eigenvalue weighted by atomic mass is 16.6. The van der Waals surface area contributed by atoms with Gasteiger partial charge in [-0.15, -0.1) is 0 Å². The average molecular weight is 305 g/mol. The van der Waals surface area contributed by atoms with Gasteiger partial charge in [-0.05, 0) is 30.5 Å². The third-order valence-corrected chi connectivity index (χ3v) is 4.09. The summed E-state index contributed by atoms with van der Waals surface area (Å²) in [5.41, 5.74) is 0.502. The average Bonchev–Trinajstić information content (AvgIpc) is 2.53. The van der Waals surface area contributed by atoms with E-state index in [-0.39, 0.29) is 18.4 Å². The second kappa shape index (κ2) is 5.87. The highest BCUT2D eigenvalue weighted by molar-refractivity contribution is 5.95. The quantitative estimate of drug-likeness (QED) is 0.899. The van der Waals surface area contributed by atoms with Crippen LogP contribution < -0.4 is 9.47 Å². The van der Waals surface area contributed by atoms with Crippen LogP contribution in [0.25, 0.3) is 0 Å². The first kappa shape index (κ1) is 14.7. The van der Waals surface area contributed by atoms with Gasteiger partial charge in [0.1, 0.15) is 13.2 Å². The van der Waals surface area contributed by atoms with Gasteiger partial charge in [-0.1, -0.05) is 6.92 Å². The molecule has 1 fully saturated rings. The van der Waals surface area contributed by atoms with Crippen LogP contribution in [-0.4, -0.2) is 48.2 Å². The molecule has 3 rings (SSSR count). The van der Waals surface area contributed by atoms with Gasteiger partial charge in [0.25, 0.3) is 5.91 Å². The van der Waals surface area contributed by atoms with Crippen LogP contribution in [0.4, 0.5) is 0 Å². The summed E-state index contributed by atoms with van der Waals surface area (Å²) < 4.78 is 10.9. The molecule has 0 aromatic heterocycles. The van der Waals surface area contributed by atoms with Crippen LogP contribution >= 0.6 is 0 Å². The first-order chi connectivity index (χ1) is 10.5. The van der Waals surface area contributed by atoms with Gasteiger partial charge in [0.2, 0.25) is 0 Å². The topological polar surface area (TPSA) is 76.1 Å². The number of amides is 1. The fourth-order valence-electron chi connectivity index (χ4n) is 3.06. The number of aliphatic carboxylic acids is 1. The number of likely N-dealkylation sites (tertiary alicyclic amines) is 1. The summed E-state index contributed by atoms with van der Waals surface area (Å²) in [6, 6.07) is 5.10. The van der Waals surface area contributed by atoms with Crippen LogP contribution in [0.1, 0.15) is 23.7 Å². The van der Waals surface area contributed by atoms with Crippen molar-refractivity contribution in [1.29, 1.82) is 0 Å². The smallest absolute Gasteiger partial charge is 0.308 e. The molecule has 22 heavy (non-hydrogen) atoms. The Bertz CT molecular complexity index is 600. The standard InChI is InChI=1S/C16H19NO5/c1-10-6-12(16(19)20)9-17(8-10)15(18)11-2-3-13-14(7-11)22-5-4-21-13/h2-3,7,10,12H,4-6,8-9H2,1H3,(H,19,20). The molecule has 1 aromatic carbocycles. The van der Waals surface area contributed by atoms with Gasteiger partial charge in [-0.3, -0.25) is 9.59 Å². The van der Waals surface area contributed by atoms with E-state index in [1.54, 1.807) is 23.1 Å². The number of fused-ring (bicyclic) bond motifs is 1. The van der Waals surface area contributed by atoms with Gasteiger partial charge in [0.05, 0.1) is 5.92 Å². The van der Waals surface area contributed by atoms with Crippen molar-refractivity contribution < 1.29 is 24.2 Å². The molecule has 2 atom stereocenters. The minimum atomic E-state index is -0.841. The molecule has 2 unspecified atom stereocenters. The molecular formula is C16H19NO5. The fourth-order valence-corrected chi connectivity index (χ4v) is 3.06. The molecule has 1 aromatic rings. The molecule has 2 aliphatic rings. The maximum absolute atomic E-state index is 12.6. The number of benzene rings is 1. The summed E-state index contributed by atoms with van der Waals surface area (Å²) in [5, 5.41) is 9.21. The minimum Gasteiger partial charge on any atom is -0.486 e. The summed E-state index contributed by atoms with van der Waals surface area (Å²) in [7, 11) is 0. The van der Waals surface area contributed by atoms with Crippen molar-refractivity contribution >= 4 is 11.9 Å². The highest BCUT2D eigenvalue weighted by Gasteiger charge is 2.32. The molecule has 0 saturated carbocycles. The van der Waals surface area contributed by atoms with Gasteiger partial charge in [0, 0.05) is 18.7 Å². The van der Waals surface area contributed by atoms with E-state index in [9.17, 15) is 14.7 Å². The van der Waals surface area contributed by atoms with Crippen molar-refractivity contribution in [1.82, 2.24) is 4.90 Å². The van der Waals surface area contributed by atoms with Crippen LogP contribution in [-0.2, 0) is 4.79 Å². The Morgan fingerprint density at radius 1 is 1.18 bits per heavy atom. The third-order valence-electron chi connectivity index (χ3n) is 4.09. The summed E-state index contributed by atoms with van der Waals surface area (Å²) in [4.78, 5) is 25.5. The highest BCUT2D eigenvalue weighted by Crippen LogP contribution is 2.32. The van der Waals surface area contributed by atoms with Crippen LogP contribution in [0.3, 0.4) is 0 Å². The molecule has 6 nitrogen and oxygen atoms in total. The summed E-state index contributed by atoms with van der Waals surface area (Å²) in [6.07, 6.45) is 0.611. The molecule has 1 saturated heterocycles. The molecule has 6 heteroatoms. The maximum Gasteiger partial charge on any atom is 0.308 e. The van der Waals surface area contributed by atoms with E-state index in [0.29, 0.717) is 43.2 Å². The Hall–Kier alpha value is -2.24. The number of nitrogens with zero attached hydrogens (tertiary/aromatic N) is 1. The van der Waals surface area contributed by atoms with E-state index in [4.69, 9.17) is 9.47 Å². The number of carbonyl (C=O) groups excluding carboxylic acids is 1. The van der Waals surface area contributed by atoms with Gasteiger partial charge in [0.15, 0.2) is 11.5 Å². The Labute approximate surface area is 128 Å². The van der Waals surface area contributed by atoms with Crippen molar-refractivity contribution in [3.63, 3.8) is 0 Å². The van der Waals surface area contributed by atoms with Crippen LogP contribution in [0.5, 0.6) is 11.5 Å². The summed E-state index contributed by atoms with van der Waals surface area (Å²) in [6.45, 7) is 3.78. The monoisotopic (exact) mass is 305 g/mol. The summed E-state index contributed by atoms with van der Waals surface area (Å²) in [5.74, 6) is -0.114. The van der Waals surface area contributed by atoms with Crippen molar-refractivity contribution in [2.45, 2.75) is 13.3 Å². The van der Waals surface area contributed by atoms with Crippen molar-refractivity contribution in [3.8, 4) is 11.5 Å². The normalized spacial score (nSPS) is 24.0. The van der Waals surface area contributed by atoms with E-state index in [1.165, 1.54) is 0 Å². The molecule has 0 radical (unpaired) electrons. The zero-order chi connectivity index (χ0) is 15.7. The van der Waals surface area contributed by atoms with Crippen molar-refractivity contribution in [2.75, 3.05) is 26.3 Å². The minimum absolute atomic E-state index is 0.158. The lowest BCUT2D eigenvalue weighted by molar-refractivity contribution is -0.143. The van der Waals surface area contributed by atoms with Gasteiger partial charge in [-0.25, -0.2) is 0 Å². The second-order valence-electron chi connectivity index (χ2n) is 5.94. The van der Waals surface area contributed by atoms with Gasteiger partial charge >= 0.3 is 5.97 Å². The Morgan fingerprint density at radius 3 is 2.64 bits per heavy atom. The second-order valence-corrected chi connectivity index (χ2v) is 5.94. The largest absolute Gasteiger partial charge is 0.486 e. The summed E-state index contributed by atoms with van der Waals surface area (Å²) >= 11 is 0. The van der Waals surface area contributed by atoms with E-state index < -0.39 is 11.9 Å². The molecule has 2 heterocycles. The number of hydrogen-bond acceptors (Lipinski definition) is 4. The van der Waals surface area contributed by atoms with Crippen LogP contribution in [0.15, 0.2) is 18.2 Å². The maximum atomic E-state index is 12.6. The molecule has 2 aliphatic heterocycles. The molecule has 0 spiro atoms.